The lowest BCUT2D eigenvalue weighted by atomic mass is 10.2. The molecule has 0 saturated carbocycles. The normalized spacial score (nSPS) is 13.2. The van der Waals surface area contributed by atoms with E-state index in [2.05, 4.69) is 0 Å². The molecule has 0 aliphatic carbocycles. The van der Waals surface area contributed by atoms with Crippen molar-refractivity contribution in [3.8, 4) is 5.75 Å². The number of hydrogen-bond acceptors (Lipinski definition) is 3. The van der Waals surface area contributed by atoms with Gasteiger partial charge in [0.15, 0.2) is 0 Å². The van der Waals surface area contributed by atoms with Crippen LogP contribution in [0.15, 0.2) is 24.3 Å². The summed E-state index contributed by atoms with van der Waals surface area (Å²) in [5, 5.41) is 0. The Bertz CT molecular complexity index is 407. The SMILES string of the molecule is NC(=O)C(N)COc1ccccc1C(F)(F)F. The Morgan fingerprint density at radius 1 is 1.35 bits per heavy atom. The van der Waals surface area contributed by atoms with E-state index >= 15 is 0 Å². The van der Waals surface area contributed by atoms with Crippen molar-refractivity contribution in [1.82, 2.24) is 0 Å². The molecule has 0 aromatic heterocycles. The number of primary amides is 1. The van der Waals surface area contributed by atoms with Crippen LogP contribution in [0.2, 0.25) is 0 Å². The van der Waals surface area contributed by atoms with E-state index in [0.717, 1.165) is 12.1 Å². The maximum absolute atomic E-state index is 12.5. The van der Waals surface area contributed by atoms with Gasteiger partial charge in [0.1, 0.15) is 18.4 Å². The Kier molecular flexibility index (Phi) is 3.95. The van der Waals surface area contributed by atoms with Crippen molar-refractivity contribution < 1.29 is 22.7 Å². The molecule has 1 atom stereocenters. The molecule has 1 aromatic rings. The molecular weight excluding hydrogens is 237 g/mol. The van der Waals surface area contributed by atoms with Crippen LogP contribution in [0, 0.1) is 0 Å². The third-order valence-corrected chi connectivity index (χ3v) is 1.98. The number of para-hydroxylation sites is 1. The monoisotopic (exact) mass is 248 g/mol. The van der Waals surface area contributed by atoms with Crippen LogP contribution in [0.1, 0.15) is 5.56 Å². The van der Waals surface area contributed by atoms with Crippen LogP contribution >= 0.6 is 0 Å². The lowest BCUT2D eigenvalue weighted by molar-refractivity contribution is -0.139. The van der Waals surface area contributed by atoms with Crippen LogP contribution in [0.3, 0.4) is 0 Å². The van der Waals surface area contributed by atoms with Gasteiger partial charge in [-0.2, -0.15) is 13.2 Å². The molecule has 4 nitrogen and oxygen atoms in total. The minimum absolute atomic E-state index is 0.378. The lowest BCUT2D eigenvalue weighted by Crippen LogP contribution is -2.41. The fraction of sp³-hybridized carbons (Fsp3) is 0.300. The molecule has 0 fully saturated rings. The summed E-state index contributed by atoms with van der Waals surface area (Å²) >= 11 is 0. The van der Waals surface area contributed by atoms with Gasteiger partial charge in [0, 0.05) is 0 Å². The van der Waals surface area contributed by atoms with Gasteiger partial charge in [-0.15, -0.1) is 0 Å². The smallest absolute Gasteiger partial charge is 0.419 e. The van der Waals surface area contributed by atoms with Gasteiger partial charge in [0.2, 0.25) is 5.91 Å². The predicted octanol–water partition coefficient (Wildman–Crippen LogP) is 0.897. The second kappa shape index (κ2) is 5.05. The minimum atomic E-state index is -4.52. The van der Waals surface area contributed by atoms with Crippen molar-refractivity contribution in [2.24, 2.45) is 11.5 Å². The molecule has 17 heavy (non-hydrogen) atoms. The van der Waals surface area contributed by atoms with Crippen molar-refractivity contribution >= 4 is 5.91 Å². The molecule has 0 heterocycles. The maximum atomic E-state index is 12.5. The Morgan fingerprint density at radius 2 is 1.94 bits per heavy atom. The summed E-state index contributed by atoms with van der Waals surface area (Å²) in [4.78, 5) is 10.6. The van der Waals surface area contributed by atoms with Crippen LogP contribution in [0.4, 0.5) is 13.2 Å². The van der Waals surface area contributed by atoms with Crippen molar-refractivity contribution in [2.45, 2.75) is 12.2 Å². The van der Waals surface area contributed by atoms with Crippen molar-refractivity contribution in [3.05, 3.63) is 29.8 Å². The molecule has 0 saturated heterocycles. The van der Waals surface area contributed by atoms with Gasteiger partial charge < -0.3 is 16.2 Å². The molecule has 0 radical (unpaired) electrons. The van der Waals surface area contributed by atoms with E-state index in [1.807, 2.05) is 0 Å². The Morgan fingerprint density at radius 3 is 2.47 bits per heavy atom. The molecule has 0 aliphatic rings. The lowest BCUT2D eigenvalue weighted by Gasteiger charge is -2.15. The first-order valence-corrected chi connectivity index (χ1v) is 4.66. The molecule has 1 rings (SSSR count). The molecule has 0 aliphatic heterocycles. The first-order valence-electron chi connectivity index (χ1n) is 4.66. The van der Waals surface area contributed by atoms with Crippen LogP contribution in [0.25, 0.3) is 0 Å². The van der Waals surface area contributed by atoms with Gasteiger partial charge in [-0.25, -0.2) is 0 Å². The third-order valence-electron chi connectivity index (χ3n) is 1.98. The van der Waals surface area contributed by atoms with E-state index in [-0.39, 0.29) is 5.75 Å². The highest BCUT2D eigenvalue weighted by molar-refractivity contribution is 5.79. The molecule has 94 valence electrons. The summed E-state index contributed by atoms with van der Waals surface area (Å²) in [7, 11) is 0. The van der Waals surface area contributed by atoms with E-state index in [1.54, 1.807) is 0 Å². The summed E-state index contributed by atoms with van der Waals surface area (Å²) in [5.41, 5.74) is 9.18. The van der Waals surface area contributed by atoms with E-state index in [1.165, 1.54) is 12.1 Å². The Hall–Kier alpha value is -1.76. The second-order valence-corrected chi connectivity index (χ2v) is 3.31. The quantitative estimate of drug-likeness (QED) is 0.830. The van der Waals surface area contributed by atoms with E-state index < -0.39 is 30.3 Å². The third kappa shape index (κ3) is 3.63. The maximum Gasteiger partial charge on any atom is 0.419 e. The number of amides is 1. The van der Waals surface area contributed by atoms with Crippen LogP contribution in [-0.2, 0) is 11.0 Å². The molecule has 4 N–H and O–H groups in total. The highest BCUT2D eigenvalue weighted by Gasteiger charge is 2.34. The first-order chi connectivity index (χ1) is 7.82. The van der Waals surface area contributed by atoms with Gasteiger partial charge in [0.25, 0.3) is 0 Å². The van der Waals surface area contributed by atoms with Crippen molar-refractivity contribution in [2.75, 3.05) is 6.61 Å². The van der Waals surface area contributed by atoms with Crippen molar-refractivity contribution in [1.29, 1.82) is 0 Å². The number of halogens is 3. The molecule has 7 heteroatoms. The van der Waals surface area contributed by atoms with Gasteiger partial charge in [0.05, 0.1) is 5.56 Å². The summed E-state index contributed by atoms with van der Waals surface area (Å²) in [6, 6.07) is 3.52. The fourth-order valence-electron chi connectivity index (χ4n) is 1.09. The number of benzene rings is 1. The van der Waals surface area contributed by atoms with E-state index in [0.29, 0.717) is 0 Å². The largest absolute Gasteiger partial charge is 0.491 e. The summed E-state index contributed by atoms with van der Waals surface area (Å²) in [6.07, 6.45) is -4.52. The van der Waals surface area contributed by atoms with Crippen molar-refractivity contribution in [3.63, 3.8) is 0 Å². The number of carbonyl (C=O) groups is 1. The standard InChI is InChI=1S/C10H11F3N2O2/c11-10(12,13)6-3-1-2-4-8(6)17-5-7(14)9(15)16/h1-4,7H,5,14H2,(H2,15,16). The molecule has 0 spiro atoms. The molecule has 1 unspecified atom stereocenters. The molecule has 0 bridgehead atoms. The topological polar surface area (TPSA) is 78.3 Å². The zero-order valence-electron chi connectivity index (χ0n) is 8.70. The van der Waals surface area contributed by atoms with E-state index in [9.17, 15) is 18.0 Å². The highest BCUT2D eigenvalue weighted by Crippen LogP contribution is 2.35. The van der Waals surface area contributed by atoms with Gasteiger partial charge >= 0.3 is 6.18 Å². The van der Waals surface area contributed by atoms with Gasteiger partial charge in [-0.3, -0.25) is 4.79 Å². The number of hydrogen-bond donors (Lipinski definition) is 2. The van der Waals surface area contributed by atoms with E-state index in [4.69, 9.17) is 16.2 Å². The molecule has 1 aromatic carbocycles. The van der Waals surface area contributed by atoms with Crippen LogP contribution < -0.4 is 16.2 Å². The number of alkyl halides is 3. The zero-order chi connectivity index (χ0) is 13.1. The van der Waals surface area contributed by atoms with Gasteiger partial charge in [-0.1, -0.05) is 12.1 Å². The number of rotatable bonds is 4. The zero-order valence-corrected chi connectivity index (χ0v) is 8.70. The number of nitrogens with two attached hydrogens (primary N) is 2. The highest BCUT2D eigenvalue weighted by atomic mass is 19.4. The summed E-state index contributed by atoms with van der Waals surface area (Å²) < 4.78 is 42.4. The summed E-state index contributed by atoms with van der Waals surface area (Å²) in [5.74, 6) is -1.22. The Labute approximate surface area is 95.3 Å². The van der Waals surface area contributed by atoms with Crippen LogP contribution in [-0.4, -0.2) is 18.6 Å². The number of carbonyl (C=O) groups excluding carboxylic acids is 1. The summed E-state index contributed by atoms with van der Waals surface area (Å²) in [6.45, 7) is -0.400. The number of ether oxygens (including phenoxy) is 1. The first kappa shape index (κ1) is 13.3. The molecule has 1 amide bonds. The Balaban J connectivity index is 2.81. The van der Waals surface area contributed by atoms with Crippen LogP contribution in [0.5, 0.6) is 5.75 Å². The predicted molar refractivity (Wildman–Crippen MR) is 54.1 cm³/mol. The average molecular weight is 248 g/mol. The fourth-order valence-corrected chi connectivity index (χ4v) is 1.09. The average Bonchev–Trinajstić information content (AvgIpc) is 2.24. The minimum Gasteiger partial charge on any atom is -0.491 e. The second-order valence-electron chi connectivity index (χ2n) is 3.31. The van der Waals surface area contributed by atoms with Gasteiger partial charge in [-0.05, 0) is 12.1 Å². The molecular formula is C10H11F3N2O2.